The van der Waals surface area contributed by atoms with Gasteiger partial charge in [-0.1, -0.05) is 36.9 Å². The zero-order valence-corrected chi connectivity index (χ0v) is 12.9. The van der Waals surface area contributed by atoms with Crippen LogP contribution in [0.2, 0.25) is 5.02 Å². The van der Waals surface area contributed by atoms with E-state index in [-0.39, 0.29) is 0 Å². The van der Waals surface area contributed by atoms with Crippen molar-refractivity contribution in [1.29, 1.82) is 0 Å². The summed E-state index contributed by atoms with van der Waals surface area (Å²) in [4.78, 5) is 2.56. The highest BCUT2D eigenvalue weighted by Gasteiger charge is 2.31. The summed E-state index contributed by atoms with van der Waals surface area (Å²) in [6, 6.07) is 6.27. The van der Waals surface area contributed by atoms with E-state index in [9.17, 15) is 0 Å². The molecule has 0 bridgehead atoms. The first kappa shape index (κ1) is 14.2. The highest BCUT2D eigenvalue weighted by atomic mass is 35.5. The maximum atomic E-state index is 6.22. The molecule has 1 aromatic rings. The highest BCUT2D eigenvalue weighted by Crippen LogP contribution is 2.38. The average Bonchev–Trinajstić information content (AvgIpc) is 2.49. The third-order valence-corrected chi connectivity index (χ3v) is 5.33. The fraction of sp³-hybridized carbons (Fsp3) is 0.647. The summed E-state index contributed by atoms with van der Waals surface area (Å²) in [5, 5.41) is 0.839. The first-order chi connectivity index (χ1) is 9.78. The van der Waals surface area contributed by atoms with Crippen LogP contribution in [0.4, 0.5) is 5.69 Å². The lowest BCUT2D eigenvalue weighted by Crippen LogP contribution is -2.42. The number of hydrogen-bond donors (Lipinski definition) is 1. The molecular weight excluding hydrogens is 268 g/mol. The largest absolute Gasteiger partial charge is 0.371 e. The molecule has 0 aromatic heterocycles. The topological polar surface area (TPSA) is 29.3 Å². The number of halogens is 1. The first-order valence-electron chi connectivity index (χ1n) is 8.01. The second-order valence-corrected chi connectivity index (χ2v) is 6.79. The van der Waals surface area contributed by atoms with Gasteiger partial charge in [0.1, 0.15) is 0 Å². The van der Waals surface area contributed by atoms with Crippen LogP contribution in [0.25, 0.3) is 0 Å². The minimum atomic E-state index is 0.703. The molecule has 20 heavy (non-hydrogen) atoms. The number of nitrogens with zero attached hydrogens (tertiary/aromatic N) is 1. The van der Waals surface area contributed by atoms with Crippen LogP contribution in [0.3, 0.4) is 0 Å². The standard InChI is InChI=1S/C17H25ClN2/c18-16-6-5-14(7-9-19)17(11-16)20-10-8-13-3-1-2-4-15(13)12-20/h5-6,11,13,15H,1-4,7-10,12,19H2. The Kier molecular flexibility index (Phi) is 4.52. The quantitative estimate of drug-likeness (QED) is 0.917. The number of anilines is 1. The molecule has 1 saturated heterocycles. The molecule has 2 unspecified atom stereocenters. The highest BCUT2D eigenvalue weighted by molar-refractivity contribution is 6.30. The van der Waals surface area contributed by atoms with Crippen LogP contribution in [0, 0.1) is 11.8 Å². The number of piperidine rings is 1. The predicted octanol–water partition coefficient (Wildman–Crippen LogP) is 3.86. The first-order valence-corrected chi connectivity index (χ1v) is 8.39. The Morgan fingerprint density at radius 2 is 1.95 bits per heavy atom. The molecular formula is C17H25ClN2. The van der Waals surface area contributed by atoms with Gasteiger partial charge in [0.25, 0.3) is 0 Å². The zero-order chi connectivity index (χ0) is 13.9. The summed E-state index contributed by atoms with van der Waals surface area (Å²) in [7, 11) is 0. The van der Waals surface area contributed by atoms with Crippen molar-refractivity contribution in [2.24, 2.45) is 17.6 Å². The molecule has 0 amide bonds. The van der Waals surface area contributed by atoms with E-state index < -0.39 is 0 Å². The Morgan fingerprint density at radius 1 is 1.15 bits per heavy atom. The molecule has 0 spiro atoms. The van der Waals surface area contributed by atoms with Gasteiger partial charge >= 0.3 is 0 Å². The van der Waals surface area contributed by atoms with E-state index in [4.69, 9.17) is 17.3 Å². The van der Waals surface area contributed by atoms with Crippen molar-refractivity contribution < 1.29 is 0 Å². The third kappa shape index (κ3) is 2.96. The molecule has 3 rings (SSSR count). The van der Waals surface area contributed by atoms with Crippen LogP contribution in [-0.4, -0.2) is 19.6 Å². The lowest BCUT2D eigenvalue weighted by atomic mass is 9.75. The van der Waals surface area contributed by atoms with Gasteiger partial charge in [0.05, 0.1) is 0 Å². The fourth-order valence-corrected chi connectivity index (χ4v) is 4.18. The van der Waals surface area contributed by atoms with Crippen LogP contribution in [0.15, 0.2) is 18.2 Å². The zero-order valence-electron chi connectivity index (χ0n) is 12.2. The second kappa shape index (κ2) is 6.36. The molecule has 1 aliphatic heterocycles. The van der Waals surface area contributed by atoms with E-state index in [0.29, 0.717) is 6.54 Å². The molecule has 3 heteroatoms. The predicted molar refractivity (Wildman–Crippen MR) is 86.5 cm³/mol. The second-order valence-electron chi connectivity index (χ2n) is 6.35. The Labute approximate surface area is 127 Å². The van der Waals surface area contributed by atoms with Gasteiger partial charge in [-0.15, -0.1) is 0 Å². The van der Waals surface area contributed by atoms with Crippen molar-refractivity contribution in [1.82, 2.24) is 0 Å². The van der Waals surface area contributed by atoms with E-state index in [2.05, 4.69) is 17.0 Å². The monoisotopic (exact) mass is 292 g/mol. The molecule has 2 aliphatic rings. The van der Waals surface area contributed by atoms with Crippen molar-refractivity contribution >= 4 is 17.3 Å². The van der Waals surface area contributed by atoms with Crippen molar-refractivity contribution in [3.8, 4) is 0 Å². The number of benzene rings is 1. The van der Waals surface area contributed by atoms with Gasteiger partial charge in [0, 0.05) is 23.8 Å². The molecule has 1 heterocycles. The van der Waals surface area contributed by atoms with Crippen molar-refractivity contribution in [3.63, 3.8) is 0 Å². The van der Waals surface area contributed by atoms with Crippen molar-refractivity contribution in [2.45, 2.75) is 38.5 Å². The van der Waals surface area contributed by atoms with Gasteiger partial charge < -0.3 is 10.6 Å². The lowest BCUT2D eigenvalue weighted by Gasteiger charge is -2.43. The molecule has 0 radical (unpaired) electrons. The maximum absolute atomic E-state index is 6.22. The van der Waals surface area contributed by atoms with Crippen LogP contribution in [0.1, 0.15) is 37.7 Å². The Morgan fingerprint density at radius 3 is 2.75 bits per heavy atom. The van der Waals surface area contributed by atoms with E-state index in [1.807, 2.05) is 6.07 Å². The van der Waals surface area contributed by atoms with E-state index in [1.165, 1.54) is 56.4 Å². The van der Waals surface area contributed by atoms with Gasteiger partial charge in [-0.25, -0.2) is 0 Å². The summed E-state index contributed by atoms with van der Waals surface area (Å²) in [6.07, 6.45) is 8.00. The SMILES string of the molecule is NCCc1ccc(Cl)cc1N1CCC2CCCCC2C1. The molecule has 1 saturated carbocycles. The molecule has 2 atom stereocenters. The Bertz CT molecular complexity index is 460. The van der Waals surface area contributed by atoms with Crippen LogP contribution >= 0.6 is 11.6 Å². The molecule has 2 fully saturated rings. The Hall–Kier alpha value is -0.730. The van der Waals surface area contributed by atoms with Crippen molar-refractivity contribution in [3.05, 3.63) is 28.8 Å². The molecule has 2 N–H and O–H groups in total. The third-order valence-electron chi connectivity index (χ3n) is 5.09. The number of hydrogen-bond acceptors (Lipinski definition) is 2. The van der Waals surface area contributed by atoms with Gasteiger partial charge in [0.15, 0.2) is 0 Å². The van der Waals surface area contributed by atoms with Gasteiger partial charge in [-0.2, -0.15) is 0 Å². The van der Waals surface area contributed by atoms with Crippen molar-refractivity contribution in [2.75, 3.05) is 24.5 Å². The summed E-state index contributed by atoms with van der Waals surface area (Å²) >= 11 is 6.22. The molecule has 110 valence electrons. The van der Waals surface area contributed by atoms with E-state index in [1.54, 1.807) is 0 Å². The number of nitrogens with two attached hydrogens (primary N) is 1. The smallest absolute Gasteiger partial charge is 0.0426 e. The fourth-order valence-electron chi connectivity index (χ4n) is 4.02. The average molecular weight is 293 g/mol. The van der Waals surface area contributed by atoms with Gasteiger partial charge in [-0.3, -0.25) is 0 Å². The van der Waals surface area contributed by atoms with E-state index in [0.717, 1.165) is 23.3 Å². The molecule has 1 aliphatic carbocycles. The van der Waals surface area contributed by atoms with Crippen LogP contribution in [-0.2, 0) is 6.42 Å². The molecule has 2 nitrogen and oxygen atoms in total. The number of rotatable bonds is 3. The van der Waals surface area contributed by atoms with Crippen LogP contribution < -0.4 is 10.6 Å². The lowest BCUT2D eigenvalue weighted by molar-refractivity contribution is 0.202. The normalized spacial score (nSPS) is 26.4. The summed E-state index contributed by atoms with van der Waals surface area (Å²) in [5.41, 5.74) is 8.43. The summed E-state index contributed by atoms with van der Waals surface area (Å²) in [5.74, 6) is 1.86. The van der Waals surface area contributed by atoms with E-state index >= 15 is 0 Å². The summed E-state index contributed by atoms with van der Waals surface area (Å²) < 4.78 is 0. The minimum absolute atomic E-state index is 0.703. The van der Waals surface area contributed by atoms with Gasteiger partial charge in [0.2, 0.25) is 0 Å². The summed E-state index contributed by atoms with van der Waals surface area (Å²) in [6.45, 7) is 3.09. The van der Waals surface area contributed by atoms with Gasteiger partial charge in [-0.05, 0) is 55.3 Å². The number of fused-ring (bicyclic) bond motifs is 1. The molecule has 1 aromatic carbocycles. The minimum Gasteiger partial charge on any atom is -0.371 e. The maximum Gasteiger partial charge on any atom is 0.0426 e. The Balaban J connectivity index is 1.80. The van der Waals surface area contributed by atoms with Crippen LogP contribution in [0.5, 0.6) is 0 Å².